The number of allylic oxidation sites excluding steroid dienone is 2. The van der Waals surface area contributed by atoms with Crippen molar-refractivity contribution in [2.24, 2.45) is 0 Å². The number of benzene rings is 4. The topological polar surface area (TPSA) is 0 Å². The van der Waals surface area contributed by atoms with Crippen LogP contribution in [0.4, 0.5) is 0 Å². The minimum atomic E-state index is -2.08. The second-order valence-corrected chi connectivity index (χ2v) is 123. The van der Waals surface area contributed by atoms with Crippen LogP contribution in [0.25, 0.3) is 11.1 Å². The molecule has 0 aliphatic heterocycles. The monoisotopic (exact) mass is 1470 g/mol. The first-order valence-electron chi connectivity index (χ1n) is 35.8. The van der Waals surface area contributed by atoms with Crippen LogP contribution in [0.15, 0.2) is 84.9 Å². The number of rotatable bonds is 22. The van der Waals surface area contributed by atoms with Crippen LogP contribution in [0.5, 0.6) is 0 Å². The zero-order valence-electron chi connectivity index (χ0n) is 68.4. The molecule has 0 bridgehead atoms. The Kier molecular flexibility index (Phi) is 24.8. The Morgan fingerprint density at radius 1 is 0.250 bits per heavy atom. The van der Waals surface area contributed by atoms with Gasteiger partial charge in [-0.15, -0.1) is 0 Å². The summed E-state index contributed by atoms with van der Waals surface area (Å²) in [5.74, 6) is 17.3. The second-order valence-electron chi connectivity index (χ2n) is 43.7. The maximum atomic E-state index is 4.52. The third-order valence-electron chi connectivity index (χ3n) is 21.1. The lowest BCUT2D eigenvalue weighted by molar-refractivity contribution is 0.984. The first-order valence-corrected chi connectivity index (χ1v) is 85.5. The summed E-state index contributed by atoms with van der Waals surface area (Å²) < 4.78 is 0.347. The predicted octanol–water partition coefficient (Wildman–Crippen LogP) is 25.8. The van der Waals surface area contributed by atoms with E-state index in [1.807, 2.05) is 0 Å². The lowest BCUT2D eigenvalue weighted by atomic mass is 9.84. The molecule has 4 rings (SSSR count). The van der Waals surface area contributed by atoms with Crippen LogP contribution < -0.4 is 0 Å². The maximum Gasteiger partial charge on any atom is 0.0499 e. The van der Waals surface area contributed by atoms with Crippen molar-refractivity contribution >= 4 is 124 Å². The van der Waals surface area contributed by atoms with Gasteiger partial charge >= 0.3 is 0 Å². The first-order chi connectivity index (χ1) is 40.6. The van der Waals surface area contributed by atoms with Gasteiger partial charge in [-0.25, -0.2) is 0 Å². The van der Waals surface area contributed by atoms with Gasteiger partial charge in [0.15, 0.2) is 0 Å². The molecule has 4 aromatic rings. The normalized spacial score (nSPS) is 15.0. The standard InChI is InChI=1S/C78H144Si14/c1-79(2,3)73(80(4,5)6)67-57-63(77(87(25,26)27,88(28,29)30)89(31,32)33)58-68(74(81(7,8)9)82(10,11)12)71(67)65(55-53-61-49-45-43-46-50-61)66(56-54-62-51-47-44-48-52-62)72-69(75(83(13,14)15)84(16,17)18)59-64(60-70(72)76(85(19,20)21)86(22,23)24)78(90(34,35)36,91(37,38)39)92(40,41)42/h43-52,57-60,73-76H,1-42H3/b66-65+. The van der Waals surface area contributed by atoms with Gasteiger partial charge in [0.1, 0.15) is 0 Å². The van der Waals surface area contributed by atoms with Gasteiger partial charge < -0.3 is 0 Å². The molecule has 0 radical (unpaired) electrons. The van der Waals surface area contributed by atoms with Gasteiger partial charge in [-0.3, -0.25) is 0 Å². The molecular weight excluding hydrogens is 1330 g/mol. The van der Waals surface area contributed by atoms with E-state index in [1.54, 1.807) is 33.4 Å². The van der Waals surface area contributed by atoms with E-state index in [0.29, 0.717) is 20.7 Å². The molecule has 0 atom stereocenters. The van der Waals surface area contributed by atoms with Gasteiger partial charge in [0.05, 0.1) is 0 Å². The van der Waals surface area contributed by atoms with E-state index in [2.05, 4.69) is 384 Å². The van der Waals surface area contributed by atoms with Crippen molar-refractivity contribution in [2.45, 2.75) is 304 Å². The average molecular weight is 1480 g/mol. The molecule has 0 heterocycles. The molecular formula is C78H144Si14. The Labute approximate surface area is 587 Å². The van der Waals surface area contributed by atoms with Crippen LogP contribution in [0, 0.1) is 23.7 Å². The average Bonchev–Trinajstić information content (AvgIpc) is 0.701. The summed E-state index contributed by atoms with van der Waals surface area (Å²) >= 11 is 0. The van der Waals surface area contributed by atoms with E-state index in [9.17, 15) is 0 Å². The van der Waals surface area contributed by atoms with E-state index >= 15 is 0 Å². The molecule has 0 aliphatic rings. The Morgan fingerprint density at radius 2 is 0.413 bits per heavy atom. The molecule has 4 aromatic carbocycles. The Morgan fingerprint density at radius 3 is 0.554 bits per heavy atom. The van der Waals surface area contributed by atoms with Crippen LogP contribution in [0.3, 0.4) is 0 Å². The fourth-order valence-electron chi connectivity index (χ4n) is 23.4. The summed E-state index contributed by atoms with van der Waals surface area (Å²) in [6, 6.07) is 34.5. The molecule has 0 nitrogen and oxygen atoms in total. The molecule has 0 fully saturated rings. The van der Waals surface area contributed by atoms with E-state index in [1.165, 1.54) is 22.3 Å². The van der Waals surface area contributed by atoms with Gasteiger partial charge in [0.25, 0.3) is 0 Å². The SMILES string of the molecule is C[Si](C)(C)C(c1cc(C([Si](C)(C)C)([Si](C)(C)C)[Si](C)(C)C)cc(C([Si](C)(C)C)[Si](C)(C)C)c1/C(C#Cc1ccccc1)=C(\C#Cc1ccccc1)c1c(C([Si](C)(C)C)[Si](C)(C)C)cc(C([Si](C)(C)C)([Si](C)(C)C)[Si](C)(C)C)cc1C([Si](C)(C)C)[Si](C)(C)C)[Si](C)(C)C. The molecule has 92 heavy (non-hydrogen) atoms. The predicted molar refractivity (Wildman–Crippen MR) is 468 cm³/mol. The van der Waals surface area contributed by atoms with Crippen molar-refractivity contribution in [2.75, 3.05) is 0 Å². The highest BCUT2D eigenvalue weighted by Gasteiger charge is 2.63. The van der Waals surface area contributed by atoms with E-state index < -0.39 is 113 Å². The van der Waals surface area contributed by atoms with Crippen LogP contribution in [0.2, 0.25) is 275 Å². The Bertz CT molecular complexity index is 2930. The van der Waals surface area contributed by atoms with Crippen LogP contribution in [0.1, 0.15) is 76.3 Å². The molecule has 0 amide bonds. The summed E-state index contributed by atoms with van der Waals surface area (Å²) in [7, 11) is -28.7. The highest BCUT2D eigenvalue weighted by atomic mass is 28.5. The zero-order valence-corrected chi connectivity index (χ0v) is 82.4. The lowest BCUT2D eigenvalue weighted by Gasteiger charge is -2.60. The van der Waals surface area contributed by atoms with Crippen molar-refractivity contribution in [3.63, 3.8) is 0 Å². The summed E-state index contributed by atoms with van der Waals surface area (Å²) in [5.41, 5.74) is 17.8. The lowest BCUT2D eigenvalue weighted by Crippen LogP contribution is -2.74. The first kappa shape index (κ1) is 83.2. The highest BCUT2D eigenvalue weighted by Crippen LogP contribution is 2.58. The second kappa shape index (κ2) is 27.4. The van der Waals surface area contributed by atoms with Crippen molar-refractivity contribution < 1.29 is 0 Å². The molecule has 0 aromatic heterocycles. The molecule has 512 valence electrons. The number of hydrogen-bond acceptors (Lipinski definition) is 0. The summed E-state index contributed by atoms with van der Waals surface area (Å²) in [4.78, 5) is 0. The van der Waals surface area contributed by atoms with Crippen molar-refractivity contribution in [1.82, 2.24) is 0 Å². The van der Waals surface area contributed by atoms with E-state index in [0.717, 1.165) is 11.1 Å². The van der Waals surface area contributed by atoms with Gasteiger partial charge in [-0.05, 0) is 98.0 Å². The van der Waals surface area contributed by atoms with Crippen LogP contribution in [-0.2, 0) is 8.57 Å². The minimum absolute atomic E-state index is 0.174. The molecule has 0 saturated heterocycles. The zero-order chi connectivity index (χ0) is 72.0. The Balaban J connectivity index is 3.14. The number of hydrogen-bond donors (Lipinski definition) is 0. The fraction of sp³-hybridized carbons (Fsp3) is 0.615. The van der Waals surface area contributed by atoms with E-state index in [-0.39, 0.29) is 8.57 Å². The molecule has 0 unspecified atom stereocenters. The molecule has 0 saturated carbocycles. The summed E-state index contributed by atoms with van der Waals surface area (Å²) in [5, 5.41) is 1.81. The molecule has 0 N–H and O–H groups in total. The third kappa shape index (κ3) is 17.3. The highest BCUT2D eigenvalue weighted by molar-refractivity contribution is 7.15. The van der Waals surface area contributed by atoms with E-state index in [4.69, 9.17) is 0 Å². The fourth-order valence-corrected chi connectivity index (χ4v) is 134. The van der Waals surface area contributed by atoms with Gasteiger partial charge in [-0.1, -0.05) is 359 Å². The molecule has 0 aliphatic carbocycles. The van der Waals surface area contributed by atoms with Crippen molar-refractivity contribution in [3.8, 4) is 23.7 Å². The van der Waals surface area contributed by atoms with Crippen molar-refractivity contribution in [3.05, 3.63) is 141 Å². The van der Waals surface area contributed by atoms with Gasteiger partial charge in [0.2, 0.25) is 0 Å². The van der Waals surface area contributed by atoms with Gasteiger partial charge in [0, 0.05) is 135 Å². The largest absolute Gasteiger partial charge is 0.0693 e. The smallest absolute Gasteiger partial charge is 0.0499 e. The Hall–Kier alpha value is -1.22. The van der Waals surface area contributed by atoms with Gasteiger partial charge in [-0.2, -0.15) is 0 Å². The van der Waals surface area contributed by atoms with Crippen LogP contribution >= 0.6 is 0 Å². The van der Waals surface area contributed by atoms with Crippen LogP contribution in [-0.4, -0.2) is 113 Å². The molecule has 0 spiro atoms. The third-order valence-corrected chi connectivity index (χ3v) is 101. The molecule has 14 heteroatoms. The summed E-state index contributed by atoms with van der Waals surface area (Å²) in [6.45, 7) is 116. The maximum absolute atomic E-state index is 4.52. The van der Waals surface area contributed by atoms with Crippen molar-refractivity contribution in [1.29, 1.82) is 0 Å². The quantitative estimate of drug-likeness (QED) is 0.0418. The minimum Gasteiger partial charge on any atom is -0.0693 e. The summed E-state index contributed by atoms with van der Waals surface area (Å²) in [6.07, 6.45) is 0.